The third-order valence-corrected chi connectivity index (χ3v) is 7.50. The van der Waals surface area contributed by atoms with Crippen molar-refractivity contribution < 1.29 is 9.47 Å². The molecule has 8 heteroatoms. The summed E-state index contributed by atoms with van der Waals surface area (Å²) in [6, 6.07) is 22.3. The predicted octanol–water partition coefficient (Wildman–Crippen LogP) is 6.65. The van der Waals surface area contributed by atoms with Gasteiger partial charge >= 0.3 is 0 Å². The molecule has 196 valence electrons. The van der Waals surface area contributed by atoms with Gasteiger partial charge in [0, 0.05) is 36.1 Å². The molecule has 0 unspecified atom stereocenters. The lowest BCUT2D eigenvalue weighted by atomic mass is 9.96. The highest BCUT2D eigenvalue weighted by Crippen LogP contribution is 2.45. The van der Waals surface area contributed by atoms with Crippen molar-refractivity contribution in [1.82, 2.24) is 14.9 Å². The van der Waals surface area contributed by atoms with Gasteiger partial charge in [0.25, 0.3) is 0 Å². The van der Waals surface area contributed by atoms with E-state index in [1.165, 1.54) is 11.1 Å². The lowest BCUT2D eigenvalue weighted by Gasteiger charge is -2.28. The van der Waals surface area contributed by atoms with Gasteiger partial charge in [-0.05, 0) is 92.6 Å². The van der Waals surface area contributed by atoms with E-state index in [1.54, 1.807) is 7.11 Å². The van der Waals surface area contributed by atoms with Gasteiger partial charge in [-0.2, -0.15) is 0 Å². The molecule has 2 atom stereocenters. The Hall–Kier alpha value is -3.39. The Labute approximate surface area is 234 Å². The van der Waals surface area contributed by atoms with Crippen LogP contribution in [0.5, 0.6) is 5.75 Å². The van der Waals surface area contributed by atoms with Crippen LogP contribution >= 0.6 is 23.8 Å². The van der Waals surface area contributed by atoms with Crippen molar-refractivity contribution >= 4 is 34.6 Å². The number of methoxy groups -OCH3 is 1. The standard InChI is InChI=1S/C30H31ClN4O2S/c1-19-8-7-9-22(16-19)34-20(2)17-24(21(34)3)29-28(26-10-5-6-13-32-26)33-30(38)35(29)23-11-12-27(25(31)18-23)37-15-14-36-4/h5-13,16-18,28-29H,14-15H2,1-4H3,(H,33,38)/t28-,29+/m1/s1. The van der Waals surface area contributed by atoms with Crippen molar-refractivity contribution in [3.63, 3.8) is 0 Å². The number of aryl methyl sites for hydroxylation is 2. The van der Waals surface area contributed by atoms with Crippen LogP contribution in [-0.4, -0.2) is 35.0 Å². The van der Waals surface area contributed by atoms with Crippen molar-refractivity contribution in [3.05, 3.63) is 106 Å². The third-order valence-electron chi connectivity index (χ3n) is 6.89. The van der Waals surface area contributed by atoms with Crippen LogP contribution < -0.4 is 15.0 Å². The number of nitrogens with zero attached hydrogens (tertiary/aromatic N) is 3. The average molecular weight is 547 g/mol. The number of thiocarbonyl (C=S) groups is 1. The number of rotatable bonds is 8. The number of pyridine rings is 1. The maximum absolute atomic E-state index is 6.66. The van der Waals surface area contributed by atoms with Crippen LogP contribution in [0.2, 0.25) is 5.02 Å². The SMILES string of the molecule is COCCOc1ccc(N2C(=S)N[C@H](c3ccccn3)[C@@H]2c2cc(C)n(-c3cccc(C)c3)c2C)cc1Cl. The van der Waals surface area contributed by atoms with E-state index in [1.807, 2.05) is 42.6 Å². The summed E-state index contributed by atoms with van der Waals surface area (Å²) in [6.07, 6.45) is 1.82. The molecule has 1 saturated heterocycles. The Bertz CT molecular complexity index is 1460. The maximum atomic E-state index is 6.66. The van der Waals surface area contributed by atoms with Gasteiger partial charge < -0.3 is 24.3 Å². The number of nitrogens with one attached hydrogen (secondary N) is 1. The van der Waals surface area contributed by atoms with E-state index in [2.05, 4.69) is 70.9 Å². The van der Waals surface area contributed by atoms with Crippen LogP contribution in [-0.2, 0) is 4.74 Å². The number of anilines is 1. The average Bonchev–Trinajstić information content (AvgIpc) is 3.40. The molecule has 0 bridgehead atoms. The van der Waals surface area contributed by atoms with Gasteiger partial charge in [0.05, 0.1) is 29.4 Å². The van der Waals surface area contributed by atoms with E-state index >= 15 is 0 Å². The molecule has 1 aliphatic heterocycles. The summed E-state index contributed by atoms with van der Waals surface area (Å²) in [6.45, 7) is 7.34. The maximum Gasteiger partial charge on any atom is 0.174 e. The van der Waals surface area contributed by atoms with Crippen molar-refractivity contribution in [2.24, 2.45) is 0 Å². The zero-order valence-corrected chi connectivity index (χ0v) is 23.5. The van der Waals surface area contributed by atoms with Crippen LogP contribution in [0.1, 0.15) is 40.3 Å². The van der Waals surface area contributed by atoms with E-state index in [9.17, 15) is 0 Å². The first-order chi connectivity index (χ1) is 18.4. The molecule has 3 heterocycles. The number of hydrogen-bond acceptors (Lipinski definition) is 4. The minimum absolute atomic E-state index is 0.140. The highest BCUT2D eigenvalue weighted by molar-refractivity contribution is 7.80. The molecule has 1 aliphatic rings. The molecule has 5 rings (SSSR count). The molecule has 0 radical (unpaired) electrons. The molecule has 0 aliphatic carbocycles. The van der Waals surface area contributed by atoms with Gasteiger partial charge in [0.2, 0.25) is 0 Å². The van der Waals surface area contributed by atoms with Crippen LogP contribution in [0.4, 0.5) is 5.69 Å². The first kappa shape index (κ1) is 26.2. The van der Waals surface area contributed by atoms with Crippen molar-refractivity contribution in [2.75, 3.05) is 25.2 Å². The fourth-order valence-corrected chi connectivity index (χ4v) is 5.77. The Morgan fingerprint density at radius 2 is 1.82 bits per heavy atom. The normalized spacial score (nSPS) is 17.1. The van der Waals surface area contributed by atoms with Crippen LogP contribution in [0, 0.1) is 20.8 Å². The largest absolute Gasteiger partial charge is 0.490 e. The first-order valence-corrected chi connectivity index (χ1v) is 13.4. The van der Waals surface area contributed by atoms with E-state index in [0.717, 1.165) is 28.5 Å². The molecule has 0 spiro atoms. The van der Waals surface area contributed by atoms with E-state index in [4.69, 9.17) is 33.3 Å². The number of benzene rings is 2. The van der Waals surface area contributed by atoms with Gasteiger partial charge in [-0.25, -0.2) is 0 Å². The van der Waals surface area contributed by atoms with Gasteiger partial charge in [0.1, 0.15) is 12.4 Å². The quantitative estimate of drug-likeness (QED) is 0.197. The summed E-state index contributed by atoms with van der Waals surface area (Å²) in [7, 11) is 1.64. The van der Waals surface area contributed by atoms with E-state index in [0.29, 0.717) is 29.1 Å². The molecule has 1 fully saturated rings. The van der Waals surface area contributed by atoms with Crippen molar-refractivity contribution in [2.45, 2.75) is 32.9 Å². The summed E-state index contributed by atoms with van der Waals surface area (Å²) in [5, 5.41) is 4.68. The number of halogens is 1. The lowest BCUT2D eigenvalue weighted by molar-refractivity contribution is 0.146. The highest BCUT2D eigenvalue weighted by Gasteiger charge is 2.42. The van der Waals surface area contributed by atoms with E-state index < -0.39 is 0 Å². The topological polar surface area (TPSA) is 51.6 Å². The highest BCUT2D eigenvalue weighted by atomic mass is 35.5. The third kappa shape index (κ3) is 5.01. The molecular weight excluding hydrogens is 516 g/mol. The Kier molecular flexibility index (Phi) is 7.70. The zero-order valence-electron chi connectivity index (χ0n) is 21.9. The van der Waals surface area contributed by atoms with Gasteiger partial charge in [-0.3, -0.25) is 4.98 Å². The van der Waals surface area contributed by atoms with Gasteiger partial charge in [0.15, 0.2) is 5.11 Å². The lowest BCUT2D eigenvalue weighted by Crippen LogP contribution is -2.29. The molecule has 4 aromatic rings. The second-order valence-corrected chi connectivity index (χ2v) is 10.2. The summed E-state index contributed by atoms with van der Waals surface area (Å²) in [4.78, 5) is 6.83. The Balaban J connectivity index is 1.61. The summed E-state index contributed by atoms with van der Waals surface area (Å²) in [5.74, 6) is 0.612. The minimum atomic E-state index is -0.147. The molecule has 2 aromatic heterocycles. The molecule has 2 aromatic carbocycles. The molecule has 38 heavy (non-hydrogen) atoms. The molecule has 1 N–H and O–H groups in total. The minimum Gasteiger partial charge on any atom is -0.490 e. The fraction of sp³-hybridized carbons (Fsp3) is 0.267. The second kappa shape index (κ2) is 11.2. The molecular formula is C30H31ClN4O2S. The summed E-state index contributed by atoms with van der Waals surface area (Å²) in [5.41, 5.74) is 7.64. The fourth-order valence-electron chi connectivity index (χ4n) is 5.19. The van der Waals surface area contributed by atoms with Crippen LogP contribution in [0.25, 0.3) is 5.69 Å². The molecule has 0 amide bonds. The summed E-state index contributed by atoms with van der Waals surface area (Å²) >= 11 is 12.6. The smallest absolute Gasteiger partial charge is 0.174 e. The predicted molar refractivity (Wildman–Crippen MR) is 157 cm³/mol. The zero-order chi connectivity index (χ0) is 26.8. The number of aromatic nitrogens is 2. The van der Waals surface area contributed by atoms with E-state index in [-0.39, 0.29) is 12.1 Å². The van der Waals surface area contributed by atoms with Crippen molar-refractivity contribution in [3.8, 4) is 11.4 Å². The first-order valence-electron chi connectivity index (χ1n) is 12.6. The second-order valence-electron chi connectivity index (χ2n) is 9.45. The van der Waals surface area contributed by atoms with Crippen molar-refractivity contribution in [1.29, 1.82) is 0 Å². The van der Waals surface area contributed by atoms with Gasteiger partial charge in [-0.1, -0.05) is 29.8 Å². The summed E-state index contributed by atoms with van der Waals surface area (Å²) < 4.78 is 13.2. The monoisotopic (exact) mass is 546 g/mol. The molecule has 6 nitrogen and oxygen atoms in total. The van der Waals surface area contributed by atoms with Crippen LogP contribution in [0.3, 0.4) is 0 Å². The number of hydrogen-bond donors (Lipinski definition) is 1. The van der Waals surface area contributed by atoms with Crippen LogP contribution in [0.15, 0.2) is 72.9 Å². The van der Waals surface area contributed by atoms with Gasteiger partial charge in [-0.15, -0.1) is 0 Å². The molecule has 0 saturated carbocycles. The number of ether oxygens (including phenoxy) is 2. The Morgan fingerprint density at radius 1 is 0.974 bits per heavy atom. The Morgan fingerprint density at radius 3 is 2.53 bits per heavy atom.